The van der Waals surface area contributed by atoms with Crippen molar-refractivity contribution in [2.24, 2.45) is 9.39 Å². The Morgan fingerprint density at radius 2 is 1.83 bits per heavy atom. The number of carbonyl (C=O) groups is 1. The molecule has 0 spiro atoms. The number of amides is 1. The number of rotatable bonds is 8. The van der Waals surface area contributed by atoms with Crippen molar-refractivity contribution in [1.29, 1.82) is 5.41 Å². The summed E-state index contributed by atoms with van der Waals surface area (Å²) in [7, 11) is -3.71. The molecule has 2 aromatic rings. The minimum atomic E-state index is -3.71. The minimum absolute atomic E-state index is 0.0414. The lowest BCUT2D eigenvalue weighted by Gasteiger charge is -2.24. The molecule has 1 amide bonds. The molecular formula is C24H23ClN4O5S2. The van der Waals surface area contributed by atoms with Crippen molar-refractivity contribution in [3.05, 3.63) is 64.2 Å². The number of fused-ring (bicyclic) bond motifs is 1. The molecule has 0 unspecified atom stereocenters. The Bertz CT molecular complexity index is 1420. The van der Waals surface area contributed by atoms with Crippen LogP contribution in [0.4, 0.5) is 0 Å². The second-order valence-corrected chi connectivity index (χ2v) is 11.0. The van der Waals surface area contributed by atoms with Gasteiger partial charge in [0.2, 0.25) is 20.2 Å². The van der Waals surface area contributed by atoms with Gasteiger partial charge in [-0.3, -0.25) is 10.2 Å². The van der Waals surface area contributed by atoms with Gasteiger partial charge in [-0.1, -0.05) is 49.7 Å². The third kappa shape index (κ3) is 5.32. The molecule has 9 nitrogen and oxygen atoms in total. The van der Waals surface area contributed by atoms with Crippen molar-refractivity contribution >= 4 is 61.5 Å². The number of aliphatic imine (C=N–C) groups is 1. The molecule has 2 aliphatic heterocycles. The summed E-state index contributed by atoms with van der Waals surface area (Å²) >= 11 is 7.14. The van der Waals surface area contributed by atoms with Crippen molar-refractivity contribution in [2.45, 2.75) is 20.3 Å². The highest BCUT2D eigenvalue weighted by molar-refractivity contribution is 8.16. The molecule has 2 aromatic carbocycles. The van der Waals surface area contributed by atoms with E-state index in [2.05, 4.69) is 16.3 Å². The minimum Gasteiger partial charge on any atom is -0.490 e. The summed E-state index contributed by atoms with van der Waals surface area (Å²) in [6.45, 7) is 4.16. The smallest absolute Gasteiger partial charge is 0.283 e. The molecule has 0 fully saturated rings. The van der Waals surface area contributed by atoms with Crippen LogP contribution in [0.2, 0.25) is 5.02 Å². The van der Waals surface area contributed by atoms with Gasteiger partial charge in [-0.2, -0.15) is 9.39 Å². The van der Waals surface area contributed by atoms with Crippen molar-refractivity contribution in [1.82, 2.24) is 4.90 Å². The fourth-order valence-corrected chi connectivity index (χ4v) is 5.67. The summed E-state index contributed by atoms with van der Waals surface area (Å²) in [6.07, 6.45) is 2.30. The van der Waals surface area contributed by atoms with E-state index in [0.29, 0.717) is 22.9 Å². The summed E-state index contributed by atoms with van der Waals surface area (Å²) < 4.78 is 40.2. The van der Waals surface area contributed by atoms with Crippen LogP contribution in [0.15, 0.2) is 57.4 Å². The van der Waals surface area contributed by atoms with Gasteiger partial charge in [-0.15, -0.1) is 0 Å². The fraction of sp³-hybridized carbons (Fsp3) is 0.250. The standard InChI is InChI=1S/C24H23ClN4O5S2/c1-3-16-7-5-6-8-19(16)33-11-12-34-20-10-9-15(14-18(20)25)13-17-21(26)29-23(27-22(17)30)35-28-24(29)36(31,32)4-2/h5-10,13-14,26H,3-4,11-12H2,1-2H3/b17-13-,26-21?. The predicted octanol–water partition coefficient (Wildman–Crippen LogP) is 4.37. The summed E-state index contributed by atoms with van der Waals surface area (Å²) in [6, 6.07) is 12.7. The number of nitrogens with one attached hydrogen (secondary N) is 1. The molecule has 0 radical (unpaired) electrons. The number of halogens is 1. The Labute approximate surface area is 218 Å². The monoisotopic (exact) mass is 546 g/mol. The molecule has 0 atom stereocenters. The molecule has 0 aromatic heterocycles. The van der Waals surface area contributed by atoms with Crippen LogP contribution >= 0.6 is 23.5 Å². The maximum atomic E-state index is 12.6. The number of benzene rings is 2. The molecule has 0 bridgehead atoms. The third-order valence-electron chi connectivity index (χ3n) is 5.37. The lowest BCUT2D eigenvalue weighted by Crippen LogP contribution is -2.45. The van der Waals surface area contributed by atoms with Gasteiger partial charge in [0.25, 0.3) is 5.91 Å². The highest BCUT2D eigenvalue weighted by Crippen LogP contribution is 2.31. The van der Waals surface area contributed by atoms with Crippen LogP contribution in [0.1, 0.15) is 25.0 Å². The Balaban J connectivity index is 1.45. The SMILES string of the molecule is CCc1ccccc1OCCOc1ccc(/C=C2/C(=N)N3C(=NC2=O)SN=C3S(=O)(=O)CC)cc1Cl. The van der Waals surface area contributed by atoms with E-state index in [-0.39, 0.29) is 34.1 Å². The quantitative estimate of drug-likeness (QED) is 0.296. The number of hydrogen-bond donors (Lipinski definition) is 1. The molecule has 0 saturated carbocycles. The zero-order valence-corrected chi connectivity index (χ0v) is 21.9. The van der Waals surface area contributed by atoms with Crippen LogP contribution in [0.25, 0.3) is 6.08 Å². The number of hydrogen-bond acceptors (Lipinski definition) is 8. The fourth-order valence-electron chi connectivity index (χ4n) is 3.46. The van der Waals surface area contributed by atoms with Gasteiger partial charge < -0.3 is 9.47 Å². The number of amidine groups is 3. The van der Waals surface area contributed by atoms with E-state index >= 15 is 0 Å². The van der Waals surface area contributed by atoms with Gasteiger partial charge in [0.15, 0.2) is 0 Å². The first kappa shape index (κ1) is 25.9. The number of sulfone groups is 1. The van der Waals surface area contributed by atoms with E-state index in [1.165, 1.54) is 13.0 Å². The van der Waals surface area contributed by atoms with E-state index in [1.807, 2.05) is 24.3 Å². The number of carbonyl (C=O) groups excluding carboxylic acids is 1. The van der Waals surface area contributed by atoms with Crippen molar-refractivity contribution in [2.75, 3.05) is 19.0 Å². The summed E-state index contributed by atoms with van der Waals surface area (Å²) in [5, 5.41) is 8.52. The first-order valence-electron chi connectivity index (χ1n) is 11.1. The molecule has 2 heterocycles. The Morgan fingerprint density at radius 1 is 1.11 bits per heavy atom. The molecule has 1 N–H and O–H groups in total. The van der Waals surface area contributed by atoms with Gasteiger partial charge in [-0.25, -0.2) is 13.3 Å². The van der Waals surface area contributed by atoms with Gasteiger partial charge in [-0.05, 0) is 41.8 Å². The van der Waals surface area contributed by atoms with Crippen LogP contribution in [0.5, 0.6) is 11.5 Å². The average molecular weight is 547 g/mol. The first-order chi connectivity index (χ1) is 17.2. The zero-order chi connectivity index (χ0) is 25.9. The second kappa shape index (κ2) is 10.9. The largest absolute Gasteiger partial charge is 0.490 e. The highest BCUT2D eigenvalue weighted by atomic mass is 35.5. The number of para-hydroxylation sites is 1. The normalized spacial score (nSPS) is 16.6. The van der Waals surface area contributed by atoms with Crippen LogP contribution < -0.4 is 9.47 Å². The van der Waals surface area contributed by atoms with Crippen LogP contribution in [0, 0.1) is 5.41 Å². The number of ether oxygens (including phenoxy) is 2. The Morgan fingerprint density at radius 3 is 2.53 bits per heavy atom. The summed E-state index contributed by atoms with van der Waals surface area (Å²) in [4.78, 5) is 17.5. The van der Waals surface area contributed by atoms with Gasteiger partial charge in [0, 0.05) is 0 Å². The molecule has 2 aliphatic rings. The molecule has 12 heteroatoms. The van der Waals surface area contributed by atoms with E-state index < -0.39 is 15.7 Å². The van der Waals surface area contributed by atoms with Gasteiger partial charge in [0.05, 0.1) is 28.3 Å². The Kier molecular flexibility index (Phi) is 7.82. The first-order valence-corrected chi connectivity index (χ1v) is 13.9. The van der Waals surface area contributed by atoms with Gasteiger partial charge >= 0.3 is 0 Å². The maximum absolute atomic E-state index is 12.6. The third-order valence-corrected chi connectivity index (χ3v) is 8.07. The molecule has 188 valence electrons. The Hall–Kier alpha value is -3.15. The van der Waals surface area contributed by atoms with Crippen molar-refractivity contribution < 1.29 is 22.7 Å². The number of aryl methyl sites for hydroxylation is 1. The highest BCUT2D eigenvalue weighted by Gasteiger charge is 2.42. The molecule has 4 rings (SSSR count). The van der Waals surface area contributed by atoms with E-state index in [9.17, 15) is 13.2 Å². The van der Waals surface area contributed by atoms with Crippen LogP contribution in [-0.4, -0.2) is 54.4 Å². The predicted molar refractivity (Wildman–Crippen MR) is 143 cm³/mol. The van der Waals surface area contributed by atoms with E-state index in [0.717, 1.165) is 34.6 Å². The van der Waals surface area contributed by atoms with Crippen molar-refractivity contribution in [3.8, 4) is 11.5 Å². The van der Waals surface area contributed by atoms with E-state index in [1.54, 1.807) is 18.2 Å². The summed E-state index contributed by atoms with van der Waals surface area (Å²) in [5.74, 6) is 0.0927. The number of nitrogens with zero attached hydrogens (tertiary/aromatic N) is 3. The molecule has 36 heavy (non-hydrogen) atoms. The topological polar surface area (TPSA) is 121 Å². The second-order valence-electron chi connectivity index (χ2n) is 7.66. The molecular weight excluding hydrogens is 524 g/mol. The lowest BCUT2D eigenvalue weighted by molar-refractivity contribution is -0.114. The van der Waals surface area contributed by atoms with E-state index in [4.69, 9.17) is 26.5 Å². The van der Waals surface area contributed by atoms with Crippen molar-refractivity contribution in [3.63, 3.8) is 0 Å². The maximum Gasteiger partial charge on any atom is 0.283 e. The van der Waals surface area contributed by atoms with Crippen LogP contribution in [0.3, 0.4) is 0 Å². The molecule has 0 saturated heterocycles. The van der Waals surface area contributed by atoms with Gasteiger partial charge in [0.1, 0.15) is 30.5 Å². The lowest BCUT2D eigenvalue weighted by atomic mass is 10.1. The summed E-state index contributed by atoms with van der Waals surface area (Å²) in [5.41, 5.74) is 1.56. The molecule has 0 aliphatic carbocycles. The average Bonchev–Trinajstić information content (AvgIpc) is 3.30. The zero-order valence-electron chi connectivity index (χ0n) is 19.5. The van der Waals surface area contributed by atoms with Crippen LogP contribution in [-0.2, 0) is 21.1 Å².